The van der Waals surface area contributed by atoms with E-state index in [1.807, 2.05) is 6.92 Å². The highest BCUT2D eigenvalue weighted by atomic mass is 16.7. The van der Waals surface area contributed by atoms with Gasteiger partial charge in [0.2, 0.25) is 0 Å². The number of hydrogen-bond donors (Lipinski definition) is 3. The average Bonchev–Trinajstić information content (AvgIpc) is 3.70. The van der Waals surface area contributed by atoms with Crippen LogP contribution in [0.15, 0.2) is 0 Å². The molecule has 0 aromatic heterocycles. The van der Waals surface area contributed by atoms with Crippen molar-refractivity contribution >= 4 is 0 Å². The normalized spacial score (nSPS) is 52.9. The Kier molecular flexibility index (Phi) is 10.3. The Labute approximate surface area is 265 Å². The minimum Gasteiger partial charge on any atom is -0.393 e. The number of rotatable bonds is 9. The third kappa shape index (κ3) is 6.05. The lowest BCUT2D eigenvalue weighted by molar-refractivity contribution is -0.336. The van der Waals surface area contributed by atoms with Crippen molar-refractivity contribution in [1.29, 1.82) is 0 Å². The fraction of sp³-hybridized carbons (Fsp3) is 1.00. The quantitative estimate of drug-likeness (QED) is 0.327. The van der Waals surface area contributed by atoms with Crippen LogP contribution in [0.3, 0.4) is 0 Å². The average molecular weight is 627 g/mol. The molecule has 0 aliphatic carbocycles. The van der Waals surface area contributed by atoms with Crippen LogP contribution < -0.4 is 0 Å². The van der Waals surface area contributed by atoms with Gasteiger partial charge in [-0.1, -0.05) is 48.5 Å². The summed E-state index contributed by atoms with van der Waals surface area (Å²) in [5.41, 5.74) is -0.975. The van der Waals surface area contributed by atoms with Crippen LogP contribution >= 0.6 is 0 Å². The first-order valence-electron chi connectivity index (χ1n) is 17.6. The zero-order valence-corrected chi connectivity index (χ0v) is 28.8. The van der Waals surface area contributed by atoms with E-state index < -0.39 is 35.5 Å². The lowest BCUT2D eigenvalue weighted by atomic mass is 9.80. The second kappa shape index (κ2) is 12.9. The highest BCUT2D eigenvalue weighted by Gasteiger charge is 2.62. The third-order valence-electron chi connectivity index (χ3n) is 12.7. The van der Waals surface area contributed by atoms with E-state index >= 15 is 0 Å². The van der Waals surface area contributed by atoms with Gasteiger partial charge >= 0.3 is 0 Å². The van der Waals surface area contributed by atoms with E-state index in [0.29, 0.717) is 6.42 Å². The molecule has 0 amide bonds. The lowest BCUT2D eigenvalue weighted by Crippen LogP contribution is -2.56. The maximum atomic E-state index is 11.2. The molecule has 3 N–H and O–H groups in total. The van der Waals surface area contributed by atoms with Crippen molar-refractivity contribution in [3.05, 3.63) is 0 Å². The Hall–Kier alpha value is -0.360. The summed E-state index contributed by atoms with van der Waals surface area (Å²) in [5.74, 6) is -1.92. The van der Waals surface area contributed by atoms with Gasteiger partial charge in [0.15, 0.2) is 11.6 Å². The number of aliphatic hydroxyl groups is 3. The molecule has 9 heteroatoms. The molecule has 5 heterocycles. The van der Waals surface area contributed by atoms with Crippen molar-refractivity contribution in [2.24, 2.45) is 29.6 Å². The van der Waals surface area contributed by atoms with Crippen LogP contribution in [0, 0.1) is 29.6 Å². The maximum absolute atomic E-state index is 11.2. The molecule has 16 atom stereocenters. The van der Waals surface area contributed by atoms with Crippen LogP contribution in [0.5, 0.6) is 0 Å². The molecule has 44 heavy (non-hydrogen) atoms. The first-order chi connectivity index (χ1) is 20.7. The monoisotopic (exact) mass is 626 g/mol. The van der Waals surface area contributed by atoms with Gasteiger partial charge < -0.3 is 43.7 Å². The second-order valence-electron chi connectivity index (χ2n) is 15.7. The molecule has 0 radical (unpaired) electrons. The first kappa shape index (κ1) is 35.0. The molecule has 1 spiro atoms. The molecule has 0 aromatic rings. The van der Waals surface area contributed by atoms with Crippen molar-refractivity contribution in [3.63, 3.8) is 0 Å². The maximum Gasteiger partial charge on any atom is 0.192 e. The van der Waals surface area contributed by atoms with Crippen molar-refractivity contribution in [3.8, 4) is 0 Å². The van der Waals surface area contributed by atoms with E-state index in [1.54, 1.807) is 7.11 Å². The topological polar surface area (TPSA) is 116 Å². The minimum absolute atomic E-state index is 0.00727. The highest BCUT2D eigenvalue weighted by molar-refractivity contribution is 5.08. The Balaban J connectivity index is 1.28. The van der Waals surface area contributed by atoms with Gasteiger partial charge in [-0.15, -0.1) is 0 Å². The summed E-state index contributed by atoms with van der Waals surface area (Å²) < 4.78 is 39.7. The molecule has 5 rings (SSSR count). The molecule has 256 valence electrons. The van der Waals surface area contributed by atoms with Gasteiger partial charge in [-0.3, -0.25) is 0 Å². The Bertz CT molecular complexity index is 978. The van der Waals surface area contributed by atoms with Crippen LogP contribution in [0.2, 0.25) is 0 Å². The SMILES string of the molecule is CC[C@H](OC)[C@H](C)[C@H]1O[C@@]2(CC[C@@](C)([C@H]3CC[C@@](CC)([C@@H]4OC([C@H]5O[C@@](O)(CO)[C@H](C)C[C@@H]5C)C[C@@H]4C)O3)O2)C[C@H](O)[C@H]1C. The fourth-order valence-electron chi connectivity index (χ4n) is 9.68. The predicted molar refractivity (Wildman–Crippen MR) is 166 cm³/mol. The molecule has 0 bridgehead atoms. The minimum atomic E-state index is -1.53. The molecule has 0 aromatic carbocycles. The number of aliphatic hydroxyl groups excluding tert-OH is 2. The molecule has 5 aliphatic heterocycles. The Morgan fingerprint density at radius 2 is 1.70 bits per heavy atom. The molecule has 0 saturated carbocycles. The third-order valence-corrected chi connectivity index (χ3v) is 12.7. The van der Waals surface area contributed by atoms with Gasteiger partial charge in [0.05, 0.1) is 60.5 Å². The van der Waals surface area contributed by atoms with Crippen molar-refractivity contribution < 1.29 is 43.7 Å². The van der Waals surface area contributed by atoms with Crippen LogP contribution in [-0.4, -0.2) is 94.5 Å². The molecule has 1 unspecified atom stereocenters. The van der Waals surface area contributed by atoms with E-state index in [1.165, 1.54) is 0 Å². The fourth-order valence-corrected chi connectivity index (χ4v) is 9.68. The molecule has 5 aliphatic rings. The summed E-state index contributed by atoms with van der Waals surface area (Å²) in [6.45, 7) is 16.6. The zero-order valence-electron chi connectivity index (χ0n) is 28.8. The number of hydrogen-bond acceptors (Lipinski definition) is 9. The van der Waals surface area contributed by atoms with Crippen LogP contribution in [0.25, 0.3) is 0 Å². The standard InChI is InChI=1S/C35H62O9/c1-10-26(39-9)24(7)30-23(6)25(37)18-34(42-30)15-14-32(8,44-34)28-12-13-33(11-2,41-28)31-21(4)17-27(40-31)29-20(3)16-22(5)35(38,19-36)43-29/h20-31,36-38H,10-19H2,1-9H3/t20-,21-,22+,23+,24-,25-,26-,27?,28+,29-,30-,31+,32-,33-,34+,35-/m0/s1. The van der Waals surface area contributed by atoms with E-state index in [9.17, 15) is 15.3 Å². The van der Waals surface area contributed by atoms with Crippen LogP contribution in [0.4, 0.5) is 0 Å². The largest absolute Gasteiger partial charge is 0.393 e. The van der Waals surface area contributed by atoms with Crippen molar-refractivity contribution in [2.45, 2.75) is 179 Å². The number of methoxy groups -OCH3 is 1. The van der Waals surface area contributed by atoms with E-state index in [4.69, 9.17) is 28.4 Å². The summed E-state index contributed by atoms with van der Waals surface area (Å²) in [6.07, 6.45) is 5.78. The van der Waals surface area contributed by atoms with Gasteiger partial charge in [0, 0.05) is 37.7 Å². The van der Waals surface area contributed by atoms with Gasteiger partial charge in [-0.05, 0) is 63.7 Å². The van der Waals surface area contributed by atoms with Gasteiger partial charge in [-0.25, -0.2) is 0 Å². The Morgan fingerprint density at radius 3 is 2.34 bits per heavy atom. The predicted octanol–water partition coefficient (Wildman–Crippen LogP) is 4.96. The van der Waals surface area contributed by atoms with E-state index in [-0.39, 0.29) is 66.2 Å². The molecule has 5 saturated heterocycles. The van der Waals surface area contributed by atoms with Crippen LogP contribution in [0.1, 0.15) is 113 Å². The van der Waals surface area contributed by atoms with Gasteiger partial charge in [0.1, 0.15) is 0 Å². The Morgan fingerprint density at radius 1 is 0.977 bits per heavy atom. The summed E-state index contributed by atoms with van der Waals surface area (Å²) >= 11 is 0. The lowest BCUT2D eigenvalue weighted by Gasteiger charge is -2.48. The zero-order chi connectivity index (χ0) is 32.2. The number of ether oxygens (including phenoxy) is 6. The first-order valence-corrected chi connectivity index (χ1v) is 17.6. The van der Waals surface area contributed by atoms with Crippen LogP contribution in [-0.2, 0) is 28.4 Å². The molecular formula is C35H62O9. The van der Waals surface area contributed by atoms with Gasteiger partial charge in [-0.2, -0.15) is 0 Å². The van der Waals surface area contributed by atoms with Crippen molar-refractivity contribution in [2.75, 3.05) is 13.7 Å². The summed E-state index contributed by atoms with van der Waals surface area (Å²) in [4.78, 5) is 0. The summed E-state index contributed by atoms with van der Waals surface area (Å²) in [7, 11) is 1.75. The molecular weight excluding hydrogens is 564 g/mol. The smallest absolute Gasteiger partial charge is 0.192 e. The van der Waals surface area contributed by atoms with Gasteiger partial charge in [0.25, 0.3) is 0 Å². The molecule has 9 nitrogen and oxygen atoms in total. The highest BCUT2D eigenvalue weighted by Crippen LogP contribution is 2.54. The summed E-state index contributed by atoms with van der Waals surface area (Å²) in [5, 5.41) is 32.1. The second-order valence-corrected chi connectivity index (χ2v) is 15.7. The summed E-state index contributed by atoms with van der Waals surface area (Å²) in [6, 6.07) is 0. The van der Waals surface area contributed by atoms with Crippen molar-refractivity contribution in [1.82, 2.24) is 0 Å². The molecule has 5 fully saturated rings. The van der Waals surface area contributed by atoms with E-state index in [0.717, 1.165) is 51.4 Å². The van der Waals surface area contributed by atoms with E-state index in [2.05, 4.69) is 48.5 Å².